The first-order valence-corrected chi connectivity index (χ1v) is 8.60. The molecule has 0 radical (unpaired) electrons. The van der Waals surface area contributed by atoms with E-state index in [1.807, 2.05) is 0 Å². The van der Waals surface area contributed by atoms with Gasteiger partial charge in [-0.2, -0.15) is 0 Å². The highest BCUT2D eigenvalue weighted by Crippen LogP contribution is 2.25. The molecule has 1 heterocycles. The van der Waals surface area contributed by atoms with Gasteiger partial charge < -0.3 is 4.57 Å². The largest absolute Gasteiger partial charge is 0.318 e. The van der Waals surface area contributed by atoms with Crippen molar-refractivity contribution >= 4 is 0 Å². The van der Waals surface area contributed by atoms with Gasteiger partial charge in [-0.1, -0.05) is 37.5 Å². The van der Waals surface area contributed by atoms with Crippen LogP contribution in [0.25, 0.3) is 5.69 Å². The Balaban J connectivity index is 1.85. The normalized spacial score (nSPS) is 16.4. The molecule has 3 rings (SSSR count). The van der Waals surface area contributed by atoms with Crippen molar-refractivity contribution in [3.05, 3.63) is 53.3 Å². The van der Waals surface area contributed by atoms with E-state index >= 15 is 0 Å². The van der Waals surface area contributed by atoms with E-state index in [1.165, 1.54) is 54.7 Å². The van der Waals surface area contributed by atoms with Gasteiger partial charge in [0.2, 0.25) is 0 Å². The predicted molar refractivity (Wildman–Crippen MR) is 93.6 cm³/mol. The van der Waals surface area contributed by atoms with Crippen LogP contribution in [0.4, 0.5) is 0 Å². The predicted octanol–water partition coefficient (Wildman–Crippen LogP) is 4.86. The zero-order valence-corrected chi connectivity index (χ0v) is 14.2. The molecule has 22 heavy (non-hydrogen) atoms. The summed E-state index contributed by atoms with van der Waals surface area (Å²) in [7, 11) is 2.29. The highest BCUT2D eigenvalue weighted by molar-refractivity contribution is 5.44. The van der Waals surface area contributed by atoms with Gasteiger partial charge in [0.05, 0.1) is 0 Å². The number of rotatable bonds is 4. The zero-order chi connectivity index (χ0) is 15.5. The van der Waals surface area contributed by atoms with Crippen molar-refractivity contribution < 1.29 is 0 Å². The Hall–Kier alpha value is -1.54. The molecule has 0 aliphatic heterocycles. The summed E-state index contributed by atoms with van der Waals surface area (Å²) in [6, 6.07) is 14.0. The van der Waals surface area contributed by atoms with E-state index < -0.39 is 0 Å². The highest BCUT2D eigenvalue weighted by Gasteiger charge is 2.19. The second kappa shape index (κ2) is 6.70. The molecular weight excluding hydrogens is 268 g/mol. The summed E-state index contributed by atoms with van der Waals surface area (Å²) in [5, 5.41) is 0. The maximum atomic E-state index is 2.56. The SMILES string of the molecule is Cc1ccc(C)n1-c1ccccc1CN(C)C1CCCCC1. The number of nitrogens with zero attached hydrogens (tertiary/aromatic N) is 2. The van der Waals surface area contributed by atoms with Crippen LogP contribution in [0.5, 0.6) is 0 Å². The first kappa shape index (κ1) is 15.4. The third kappa shape index (κ3) is 3.12. The third-order valence-corrected chi connectivity index (χ3v) is 5.12. The van der Waals surface area contributed by atoms with Crippen LogP contribution in [0.3, 0.4) is 0 Å². The molecule has 0 amide bonds. The molecule has 1 aliphatic rings. The first-order chi connectivity index (χ1) is 10.7. The summed E-state index contributed by atoms with van der Waals surface area (Å²) < 4.78 is 2.38. The van der Waals surface area contributed by atoms with Gasteiger partial charge >= 0.3 is 0 Å². The molecule has 2 nitrogen and oxygen atoms in total. The van der Waals surface area contributed by atoms with E-state index in [1.54, 1.807) is 0 Å². The van der Waals surface area contributed by atoms with E-state index in [0.717, 1.165) is 12.6 Å². The van der Waals surface area contributed by atoms with Crippen LogP contribution in [0, 0.1) is 13.8 Å². The van der Waals surface area contributed by atoms with Gasteiger partial charge in [-0.25, -0.2) is 0 Å². The summed E-state index contributed by atoms with van der Waals surface area (Å²) in [5.74, 6) is 0. The van der Waals surface area contributed by atoms with Crippen LogP contribution in [0.15, 0.2) is 36.4 Å². The molecule has 0 spiro atoms. The Morgan fingerprint density at radius 2 is 1.59 bits per heavy atom. The Morgan fingerprint density at radius 1 is 0.955 bits per heavy atom. The fourth-order valence-electron chi connectivity index (χ4n) is 3.83. The van der Waals surface area contributed by atoms with Crippen molar-refractivity contribution in [3.63, 3.8) is 0 Å². The average Bonchev–Trinajstić information content (AvgIpc) is 2.88. The summed E-state index contributed by atoms with van der Waals surface area (Å²) >= 11 is 0. The first-order valence-electron chi connectivity index (χ1n) is 8.60. The lowest BCUT2D eigenvalue weighted by Crippen LogP contribution is -2.33. The lowest BCUT2D eigenvalue weighted by Gasteiger charge is -2.32. The molecule has 118 valence electrons. The summed E-state index contributed by atoms with van der Waals surface area (Å²) in [4.78, 5) is 2.56. The van der Waals surface area contributed by atoms with Gasteiger partial charge in [-0.05, 0) is 57.5 Å². The van der Waals surface area contributed by atoms with Crippen LogP contribution in [-0.2, 0) is 6.54 Å². The van der Waals surface area contributed by atoms with E-state index in [4.69, 9.17) is 0 Å². The Morgan fingerprint density at radius 3 is 2.27 bits per heavy atom. The third-order valence-electron chi connectivity index (χ3n) is 5.12. The molecule has 1 aromatic carbocycles. The van der Waals surface area contributed by atoms with Crippen LogP contribution in [0.1, 0.15) is 49.1 Å². The Labute approximate surface area is 134 Å². The smallest absolute Gasteiger partial charge is 0.0499 e. The molecule has 0 saturated heterocycles. The van der Waals surface area contributed by atoms with Crippen molar-refractivity contribution in [3.8, 4) is 5.69 Å². The van der Waals surface area contributed by atoms with E-state index in [0.29, 0.717) is 0 Å². The van der Waals surface area contributed by atoms with Gasteiger partial charge in [0.25, 0.3) is 0 Å². The number of benzene rings is 1. The summed E-state index contributed by atoms with van der Waals surface area (Å²) in [5.41, 5.74) is 5.39. The summed E-state index contributed by atoms with van der Waals surface area (Å²) in [6.45, 7) is 5.42. The average molecular weight is 296 g/mol. The fourth-order valence-corrected chi connectivity index (χ4v) is 3.83. The molecule has 2 aromatic rings. The second-order valence-electron chi connectivity index (χ2n) is 6.79. The van der Waals surface area contributed by atoms with E-state index in [9.17, 15) is 0 Å². The minimum atomic E-state index is 0.758. The zero-order valence-electron chi connectivity index (χ0n) is 14.2. The molecule has 1 aromatic heterocycles. The molecular formula is C20H28N2. The van der Waals surface area contributed by atoms with Gasteiger partial charge in [0.15, 0.2) is 0 Å². The number of hydrogen-bond acceptors (Lipinski definition) is 1. The molecule has 0 N–H and O–H groups in total. The van der Waals surface area contributed by atoms with Gasteiger partial charge in [-0.3, -0.25) is 4.90 Å². The van der Waals surface area contributed by atoms with Gasteiger partial charge in [-0.15, -0.1) is 0 Å². The van der Waals surface area contributed by atoms with Crippen molar-refractivity contribution in [2.45, 2.75) is 58.5 Å². The van der Waals surface area contributed by atoms with Crippen molar-refractivity contribution in [1.29, 1.82) is 0 Å². The number of hydrogen-bond donors (Lipinski definition) is 0. The second-order valence-corrected chi connectivity index (χ2v) is 6.79. The minimum Gasteiger partial charge on any atom is -0.318 e. The topological polar surface area (TPSA) is 8.17 Å². The Kier molecular flexibility index (Phi) is 4.68. The van der Waals surface area contributed by atoms with Crippen molar-refractivity contribution in [2.24, 2.45) is 0 Å². The monoisotopic (exact) mass is 296 g/mol. The number of para-hydroxylation sites is 1. The fraction of sp³-hybridized carbons (Fsp3) is 0.500. The van der Waals surface area contributed by atoms with E-state index in [-0.39, 0.29) is 0 Å². The molecule has 2 heteroatoms. The molecule has 0 unspecified atom stereocenters. The Bertz CT molecular complexity index is 601. The van der Waals surface area contributed by atoms with Gasteiger partial charge in [0.1, 0.15) is 0 Å². The van der Waals surface area contributed by atoms with Crippen LogP contribution >= 0.6 is 0 Å². The molecule has 1 fully saturated rings. The maximum absolute atomic E-state index is 2.56. The standard InChI is InChI=1S/C20H28N2/c1-16-13-14-17(2)22(16)20-12-8-7-9-18(20)15-21(3)19-10-5-4-6-11-19/h7-9,12-14,19H,4-6,10-11,15H2,1-3H3. The molecule has 1 saturated carbocycles. The van der Waals surface area contributed by atoms with Crippen LogP contribution < -0.4 is 0 Å². The lowest BCUT2D eigenvalue weighted by molar-refractivity contribution is 0.184. The maximum Gasteiger partial charge on any atom is 0.0499 e. The van der Waals surface area contributed by atoms with Crippen molar-refractivity contribution in [2.75, 3.05) is 7.05 Å². The quantitative estimate of drug-likeness (QED) is 0.782. The molecule has 0 bridgehead atoms. The van der Waals surface area contributed by atoms with Crippen molar-refractivity contribution in [1.82, 2.24) is 9.47 Å². The lowest BCUT2D eigenvalue weighted by atomic mass is 9.94. The highest BCUT2D eigenvalue weighted by atomic mass is 15.1. The number of aryl methyl sites for hydroxylation is 2. The van der Waals surface area contributed by atoms with Gasteiger partial charge in [0, 0.05) is 29.7 Å². The summed E-state index contributed by atoms with van der Waals surface area (Å²) in [6.07, 6.45) is 6.93. The molecule has 1 aliphatic carbocycles. The van der Waals surface area contributed by atoms with Crippen LogP contribution in [0.2, 0.25) is 0 Å². The van der Waals surface area contributed by atoms with E-state index in [2.05, 4.69) is 66.8 Å². The minimum absolute atomic E-state index is 0.758. The molecule has 0 atom stereocenters. The van der Waals surface area contributed by atoms with Crippen LogP contribution in [-0.4, -0.2) is 22.6 Å². The number of aromatic nitrogens is 1.